The van der Waals surface area contributed by atoms with Crippen LogP contribution in [0.3, 0.4) is 0 Å². The number of carbonyl (C=O) groups excluding carboxylic acids is 2. The molecule has 35 heavy (non-hydrogen) atoms. The van der Waals surface area contributed by atoms with E-state index in [0.717, 1.165) is 41.5 Å². The number of aliphatic carboxylic acids is 1. The van der Waals surface area contributed by atoms with Crippen molar-refractivity contribution >= 4 is 18.0 Å². The Labute approximate surface area is 205 Å². The third-order valence-electron chi connectivity index (χ3n) is 7.12. The summed E-state index contributed by atoms with van der Waals surface area (Å²) in [6.07, 6.45) is 4.38. The van der Waals surface area contributed by atoms with Gasteiger partial charge in [0, 0.05) is 12.5 Å². The van der Waals surface area contributed by atoms with Crippen molar-refractivity contribution in [2.45, 2.75) is 44.1 Å². The summed E-state index contributed by atoms with van der Waals surface area (Å²) in [5.74, 6) is -1.81. The van der Waals surface area contributed by atoms with Crippen LogP contribution in [-0.4, -0.2) is 42.3 Å². The van der Waals surface area contributed by atoms with E-state index in [1.165, 1.54) is 0 Å². The number of carboxylic acid groups (broad SMARTS) is 1. The Morgan fingerprint density at radius 3 is 2.29 bits per heavy atom. The van der Waals surface area contributed by atoms with E-state index in [1.54, 1.807) is 6.08 Å². The van der Waals surface area contributed by atoms with Crippen molar-refractivity contribution in [1.82, 2.24) is 10.6 Å². The Hall–Kier alpha value is -3.61. The highest BCUT2D eigenvalue weighted by atomic mass is 16.5. The minimum atomic E-state index is -0.838. The van der Waals surface area contributed by atoms with Gasteiger partial charge in [0.05, 0.1) is 5.92 Å². The molecule has 2 aromatic carbocycles. The molecule has 7 nitrogen and oxygen atoms in total. The van der Waals surface area contributed by atoms with Crippen LogP contribution in [0.15, 0.2) is 61.2 Å². The number of amides is 2. The molecule has 0 aliphatic heterocycles. The molecule has 184 valence electrons. The first-order chi connectivity index (χ1) is 17.0. The van der Waals surface area contributed by atoms with Crippen LogP contribution in [-0.2, 0) is 14.3 Å². The second-order valence-corrected chi connectivity index (χ2v) is 9.28. The molecule has 2 aliphatic rings. The van der Waals surface area contributed by atoms with Crippen molar-refractivity contribution in [1.29, 1.82) is 0 Å². The van der Waals surface area contributed by atoms with Crippen molar-refractivity contribution in [3.63, 3.8) is 0 Å². The monoisotopic (exact) mass is 476 g/mol. The first-order valence-electron chi connectivity index (χ1n) is 12.2. The largest absolute Gasteiger partial charge is 0.481 e. The van der Waals surface area contributed by atoms with Gasteiger partial charge in [0.15, 0.2) is 0 Å². The first kappa shape index (κ1) is 24.5. The number of alkyl carbamates (subject to hydrolysis) is 1. The first-order valence-corrected chi connectivity index (χ1v) is 12.2. The third kappa shape index (κ3) is 5.56. The number of ether oxygens (including phenoxy) is 1. The van der Waals surface area contributed by atoms with Gasteiger partial charge in [-0.15, -0.1) is 6.58 Å². The summed E-state index contributed by atoms with van der Waals surface area (Å²) in [5.41, 5.74) is 4.51. The summed E-state index contributed by atoms with van der Waals surface area (Å²) in [6.45, 7) is 4.12. The molecule has 3 N–H and O–H groups in total. The molecular weight excluding hydrogens is 444 g/mol. The van der Waals surface area contributed by atoms with Crippen LogP contribution >= 0.6 is 0 Å². The predicted molar refractivity (Wildman–Crippen MR) is 133 cm³/mol. The fourth-order valence-electron chi connectivity index (χ4n) is 5.31. The quantitative estimate of drug-likeness (QED) is 0.463. The fourth-order valence-corrected chi connectivity index (χ4v) is 5.31. The van der Waals surface area contributed by atoms with E-state index >= 15 is 0 Å². The average Bonchev–Trinajstić information content (AvgIpc) is 3.19. The van der Waals surface area contributed by atoms with Gasteiger partial charge in [-0.1, -0.05) is 67.4 Å². The van der Waals surface area contributed by atoms with E-state index in [0.29, 0.717) is 6.42 Å². The number of benzene rings is 2. The molecule has 7 heteroatoms. The molecule has 0 bridgehead atoms. The van der Waals surface area contributed by atoms with Crippen LogP contribution in [0, 0.1) is 11.8 Å². The molecule has 0 radical (unpaired) electrons. The maximum Gasteiger partial charge on any atom is 0.407 e. The number of hydrogen-bond acceptors (Lipinski definition) is 4. The molecule has 0 spiro atoms. The molecule has 1 saturated carbocycles. The van der Waals surface area contributed by atoms with E-state index < -0.39 is 24.0 Å². The van der Waals surface area contributed by atoms with Crippen molar-refractivity contribution in [3.8, 4) is 11.1 Å². The lowest BCUT2D eigenvalue weighted by molar-refractivity contribution is -0.145. The van der Waals surface area contributed by atoms with E-state index in [9.17, 15) is 19.5 Å². The zero-order chi connectivity index (χ0) is 24.8. The van der Waals surface area contributed by atoms with Gasteiger partial charge in [0.25, 0.3) is 0 Å². The van der Waals surface area contributed by atoms with Gasteiger partial charge in [0.2, 0.25) is 5.91 Å². The Morgan fingerprint density at radius 1 is 1.03 bits per heavy atom. The lowest BCUT2D eigenvalue weighted by Gasteiger charge is -2.29. The van der Waals surface area contributed by atoms with Gasteiger partial charge >= 0.3 is 12.1 Å². The van der Waals surface area contributed by atoms with E-state index in [1.807, 2.05) is 36.4 Å². The zero-order valence-electron chi connectivity index (χ0n) is 19.7. The van der Waals surface area contributed by atoms with Crippen LogP contribution < -0.4 is 10.6 Å². The maximum absolute atomic E-state index is 12.8. The Kier molecular flexibility index (Phi) is 7.85. The van der Waals surface area contributed by atoms with Crippen LogP contribution in [0.4, 0.5) is 4.79 Å². The van der Waals surface area contributed by atoms with Crippen molar-refractivity contribution in [3.05, 3.63) is 72.3 Å². The molecule has 3 unspecified atom stereocenters. The summed E-state index contributed by atoms with van der Waals surface area (Å²) in [6, 6.07) is 15.3. The van der Waals surface area contributed by atoms with Gasteiger partial charge in [-0.3, -0.25) is 9.59 Å². The van der Waals surface area contributed by atoms with Gasteiger partial charge in [-0.2, -0.15) is 0 Å². The second-order valence-electron chi connectivity index (χ2n) is 9.28. The average molecular weight is 477 g/mol. The number of fused-ring (bicyclic) bond motifs is 3. The Bertz CT molecular complexity index is 1050. The zero-order valence-corrected chi connectivity index (χ0v) is 19.7. The lowest BCUT2D eigenvalue weighted by Crippen LogP contribution is -2.48. The standard InChI is InChI=1S/C28H32N2O5/c1-2-9-25(26(31)29-16-18-10-3-4-11-19(18)27(32)33)30-28(34)35-17-24-22-14-7-5-12-20(22)21-13-6-8-15-23(21)24/h2,5-8,12-15,18-19,24-25H,1,3-4,9-11,16-17H2,(H,29,31)(H,30,34)(H,32,33). The van der Waals surface area contributed by atoms with Crippen LogP contribution in [0.25, 0.3) is 11.1 Å². The number of rotatable bonds is 9. The third-order valence-corrected chi connectivity index (χ3v) is 7.12. The summed E-state index contributed by atoms with van der Waals surface area (Å²) in [7, 11) is 0. The summed E-state index contributed by atoms with van der Waals surface area (Å²) >= 11 is 0. The minimum absolute atomic E-state index is 0.0703. The fraction of sp³-hybridized carbons (Fsp3) is 0.393. The van der Waals surface area contributed by atoms with Crippen LogP contribution in [0.2, 0.25) is 0 Å². The number of carboxylic acids is 1. The lowest BCUT2D eigenvalue weighted by atomic mass is 9.79. The maximum atomic E-state index is 12.8. The summed E-state index contributed by atoms with van der Waals surface area (Å²) in [5, 5.41) is 14.9. The second kappa shape index (κ2) is 11.2. The summed E-state index contributed by atoms with van der Waals surface area (Å²) < 4.78 is 5.57. The molecule has 2 amide bonds. The molecule has 0 aromatic heterocycles. The van der Waals surface area contributed by atoms with Gasteiger partial charge < -0.3 is 20.5 Å². The molecule has 0 saturated heterocycles. The molecule has 2 aliphatic carbocycles. The van der Waals surface area contributed by atoms with Crippen molar-refractivity contribution in [2.75, 3.05) is 13.2 Å². The highest BCUT2D eigenvalue weighted by Gasteiger charge is 2.32. The number of carbonyl (C=O) groups is 3. The molecular formula is C28H32N2O5. The Balaban J connectivity index is 1.34. The molecule has 1 fully saturated rings. The van der Waals surface area contributed by atoms with E-state index in [4.69, 9.17) is 4.74 Å². The molecule has 0 heterocycles. The van der Waals surface area contributed by atoms with Crippen molar-refractivity contribution in [2.24, 2.45) is 11.8 Å². The van der Waals surface area contributed by atoms with Crippen LogP contribution in [0.1, 0.15) is 49.1 Å². The van der Waals surface area contributed by atoms with E-state index in [-0.39, 0.29) is 37.3 Å². The van der Waals surface area contributed by atoms with E-state index in [2.05, 4.69) is 29.3 Å². The topological polar surface area (TPSA) is 105 Å². The summed E-state index contributed by atoms with van der Waals surface area (Å²) in [4.78, 5) is 37.0. The molecule has 4 rings (SSSR count). The van der Waals surface area contributed by atoms with Gasteiger partial charge in [-0.05, 0) is 47.4 Å². The van der Waals surface area contributed by atoms with Crippen LogP contribution in [0.5, 0.6) is 0 Å². The normalized spacial score (nSPS) is 19.7. The molecule has 3 atom stereocenters. The number of hydrogen-bond donors (Lipinski definition) is 3. The Morgan fingerprint density at radius 2 is 1.66 bits per heavy atom. The van der Waals surface area contributed by atoms with Gasteiger partial charge in [-0.25, -0.2) is 4.79 Å². The molecule has 2 aromatic rings. The number of nitrogens with one attached hydrogen (secondary N) is 2. The highest BCUT2D eigenvalue weighted by Crippen LogP contribution is 2.44. The predicted octanol–water partition coefficient (Wildman–Crippen LogP) is 4.48. The van der Waals surface area contributed by atoms with Crippen molar-refractivity contribution < 1.29 is 24.2 Å². The van der Waals surface area contributed by atoms with Gasteiger partial charge in [0.1, 0.15) is 12.6 Å². The highest BCUT2D eigenvalue weighted by molar-refractivity contribution is 5.86. The minimum Gasteiger partial charge on any atom is -0.481 e. The smallest absolute Gasteiger partial charge is 0.407 e. The SMILES string of the molecule is C=CCC(NC(=O)OCC1c2ccccc2-c2ccccc21)C(=O)NCC1CCCCC1C(=O)O.